The lowest BCUT2D eigenvalue weighted by Crippen LogP contribution is -2.11. The Morgan fingerprint density at radius 1 is 1.35 bits per heavy atom. The van der Waals surface area contributed by atoms with Gasteiger partial charge in [0.1, 0.15) is 4.88 Å². The van der Waals surface area contributed by atoms with E-state index in [1.807, 2.05) is 31.3 Å². The molecule has 0 spiro atoms. The number of aryl methyl sites for hydroxylation is 1. The van der Waals surface area contributed by atoms with Crippen molar-refractivity contribution < 1.29 is 9.53 Å². The smallest absolute Gasteiger partial charge is 0.267 e. The van der Waals surface area contributed by atoms with Gasteiger partial charge in [0.15, 0.2) is 0 Å². The molecule has 1 N–H and O–H groups in total. The van der Waals surface area contributed by atoms with Crippen molar-refractivity contribution in [3.05, 3.63) is 46.0 Å². The van der Waals surface area contributed by atoms with Gasteiger partial charge in [-0.2, -0.15) is 0 Å². The first-order chi connectivity index (χ1) is 12.5. The summed E-state index contributed by atoms with van der Waals surface area (Å²) >= 11 is 1.49. The van der Waals surface area contributed by atoms with Gasteiger partial charge in [-0.15, -0.1) is 11.3 Å². The third-order valence-corrected chi connectivity index (χ3v) is 5.37. The Balaban J connectivity index is 1.76. The molecule has 0 radical (unpaired) electrons. The molecule has 6 heteroatoms. The second kappa shape index (κ2) is 8.01. The molecule has 2 heterocycles. The highest BCUT2D eigenvalue weighted by Crippen LogP contribution is 2.24. The predicted octanol–water partition coefficient (Wildman–Crippen LogP) is 4.50. The van der Waals surface area contributed by atoms with E-state index in [1.165, 1.54) is 11.3 Å². The zero-order valence-electron chi connectivity index (χ0n) is 15.7. The SMILES string of the molecule is COCCn1ccc2cc(NC(=O)c3sc(CC(C)C)nc3C)ccc21. The highest BCUT2D eigenvalue weighted by atomic mass is 32.1. The topological polar surface area (TPSA) is 56.1 Å². The van der Waals surface area contributed by atoms with E-state index in [0.29, 0.717) is 17.4 Å². The van der Waals surface area contributed by atoms with Gasteiger partial charge in [-0.25, -0.2) is 4.98 Å². The zero-order valence-corrected chi connectivity index (χ0v) is 16.5. The largest absolute Gasteiger partial charge is 0.383 e. The molecule has 0 aliphatic heterocycles. The van der Waals surface area contributed by atoms with E-state index in [-0.39, 0.29) is 5.91 Å². The number of carbonyl (C=O) groups is 1. The van der Waals surface area contributed by atoms with Crippen LogP contribution in [0.3, 0.4) is 0 Å². The number of thiazole rings is 1. The van der Waals surface area contributed by atoms with Gasteiger partial charge in [0.25, 0.3) is 5.91 Å². The van der Waals surface area contributed by atoms with Gasteiger partial charge in [-0.1, -0.05) is 13.8 Å². The van der Waals surface area contributed by atoms with Crippen molar-refractivity contribution in [1.29, 1.82) is 0 Å². The van der Waals surface area contributed by atoms with E-state index in [0.717, 1.165) is 40.3 Å². The van der Waals surface area contributed by atoms with Crippen molar-refractivity contribution in [3.8, 4) is 0 Å². The van der Waals surface area contributed by atoms with Gasteiger partial charge in [0.2, 0.25) is 0 Å². The van der Waals surface area contributed by atoms with Crippen LogP contribution in [-0.4, -0.2) is 29.2 Å². The molecule has 1 aromatic carbocycles. The van der Waals surface area contributed by atoms with Gasteiger partial charge in [-0.3, -0.25) is 4.79 Å². The highest BCUT2D eigenvalue weighted by molar-refractivity contribution is 7.13. The summed E-state index contributed by atoms with van der Waals surface area (Å²) in [6.07, 6.45) is 2.94. The number of nitrogens with zero attached hydrogens (tertiary/aromatic N) is 2. The summed E-state index contributed by atoms with van der Waals surface area (Å²) in [6, 6.07) is 8.03. The van der Waals surface area contributed by atoms with Crippen LogP contribution in [0.25, 0.3) is 10.9 Å². The first-order valence-electron chi connectivity index (χ1n) is 8.83. The number of amides is 1. The zero-order chi connectivity index (χ0) is 18.7. The fourth-order valence-corrected chi connectivity index (χ4v) is 4.12. The standard InChI is InChI=1S/C20H25N3O2S/c1-13(2)11-18-21-14(3)19(26-18)20(24)22-16-5-6-17-15(12-16)7-8-23(17)9-10-25-4/h5-8,12-13H,9-11H2,1-4H3,(H,22,24). The van der Waals surface area contributed by atoms with Crippen LogP contribution in [0, 0.1) is 12.8 Å². The summed E-state index contributed by atoms with van der Waals surface area (Å²) in [6.45, 7) is 7.69. The number of fused-ring (bicyclic) bond motifs is 1. The maximum Gasteiger partial charge on any atom is 0.267 e. The minimum atomic E-state index is -0.0897. The molecule has 0 aliphatic carbocycles. The van der Waals surface area contributed by atoms with E-state index in [2.05, 4.69) is 34.8 Å². The summed E-state index contributed by atoms with van der Waals surface area (Å²) in [5, 5.41) is 5.13. The number of methoxy groups -OCH3 is 1. The first kappa shape index (κ1) is 18.6. The molecule has 138 valence electrons. The predicted molar refractivity (Wildman–Crippen MR) is 107 cm³/mol. The molecule has 3 rings (SSSR count). The summed E-state index contributed by atoms with van der Waals surface area (Å²) < 4.78 is 7.29. The summed E-state index contributed by atoms with van der Waals surface area (Å²) in [5.41, 5.74) is 2.73. The fourth-order valence-electron chi connectivity index (χ4n) is 2.95. The highest BCUT2D eigenvalue weighted by Gasteiger charge is 2.16. The van der Waals surface area contributed by atoms with Crippen LogP contribution in [0.5, 0.6) is 0 Å². The number of hydrogen-bond donors (Lipinski definition) is 1. The van der Waals surface area contributed by atoms with Gasteiger partial charge in [0, 0.05) is 42.9 Å². The van der Waals surface area contributed by atoms with E-state index in [1.54, 1.807) is 7.11 Å². The average molecular weight is 372 g/mol. The molecular formula is C20H25N3O2S. The number of aromatic nitrogens is 2. The molecule has 3 aromatic rings. The molecule has 26 heavy (non-hydrogen) atoms. The molecule has 0 bridgehead atoms. The number of nitrogens with one attached hydrogen (secondary N) is 1. The van der Waals surface area contributed by atoms with Crippen LogP contribution in [0.15, 0.2) is 30.5 Å². The Morgan fingerprint density at radius 3 is 2.88 bits per heavy atom. The third kappa shape index (κ3) is 4.14. The Kier molecular flexibility index (Phi) is 5.74. The van der Waals surface area contributed by atoms with Crippen LogP contribution in [-0.2, 0) is 17.7 Å². The molecule has 2 aromatic heterocycles. The van der Waals surface area contributed by atoms with Crippen LogP contribution >= 0.6 is 11.3 Å². The molecule has 0 saturated carbocycles. The van der Waals surface area contributed by atoms with Gasteiger partial charge in [0.05, 0.1) is 17.3 Å². The van der Waals surface area contributed by atoms with Gasteiger partial charge < -0.3 is 14.6 Å². The normalized spacial score (nSPS) is 11.4. The van der Waals surface area contributed by atoms with Crippen LogP contribution in [0.4, 0.5) is 5.69 Å². The Morgan fingerprint density at radius 2 is 2.15 bits per heavy atom. The number of hydrogen-bond acceptors (Lipinski definition) is 4. The fraction of sp³-hybridized carbons (Fsp3) is 0.400. The molecule has 0 atom stereocenters. The first-order valence-corrected chi connectivity index (χ1v) is 9.65. The molecule has 1 amide bonds. The number of rotatable bonds is 7. The Hall–Kier alpha value is -2.18. The number of ether oxygens (including phenoxy) is 1. The molecule has 0 aliphatic rings. The molecular weight excluding hydrogens is 346 g/mol. The molecule has 5 nitrogen and oxygen atoms in total. The van der Waals surface area contributed by atoms with Crippen molar-refractivity contribution in [2.75, 3.05) is 19.0 Å². The second-order valence-electron chi connectivity index (χ2n) is 6.85. The van der Waals surface area contributed by atoms with Crippen molar-refractivity contribution in [2.24, 2.45) is 5.92 Å². The average Bonchev–Trinajstić information content (AvgIpc) is 3.15. The molecule has 0 fully saturated rings. The van der Waals surface area contributed by atoms with Crippen LogP contribution in [0.2, 0.25) is 0 Å². The summed E-state index contributed by atoms with van der Waals surface area (Å²) in [5.74, 6) is 0.439. The van der Waals surface area contributed by atoms with E-state index < -0.39 is 0 Å². The van der Waals surface area contributed by atoms with Crippen molar-refractivity contribution in [2.45, 2.75) is 33.7 Å². The number of anilines is 1. The third-order valence-electron chi connectivity index (χ3n) is 4.20. The Bertz CT molecular complexity index is 911. The van der Waals surface area contributed by atoms with Crippen molar-refractivity contribution in [1.82, 2.24) is 9.55 Å². The number of carbonyl (C=O) groups excluding carboxylic acids is 1. The molecule has 0 unspecified atom stereocenters. The van der Waals surface area contributed by atoms with Crippen molar-refractivity contribution >= 4 is 33.8 Å². The maximum atomic E-state index is 12.7. The lowest BCUT2D eigenvalue weighted by atomic mass is 10.1. The lowest BCUT2D eigenvalue weighted by molar-refractivity contribution is 0.103. The van der Waals surface area contributed by atoms with Crippen molar-refractivity contribution in [3.63, 3.8) is 0 Å². The maximum absolute atomic E-state index is 12.7. The van der Waals surface area contributed by atoms with Crippen LogP contribution < -0.4 is 5.32 Å². The molecule has 0 saturated heterocycles. The van der Waals surface area contributed by atoms with E-state index in [4.69, 9.17) is 4.74 Å². The van der Waals surface area contributed by atoms with Crippen LogP contribution in [0.1, 0.15) is 34.2 Å². The Labute approximate surface area is 158 Å². The number of benzene rings is 1. The van der Waals surface area contributed by atoms with Gasteiger partial charge >= 0.3 is 0 Å². The van der Waals surface area contributed by atoms with E-state index >= 15 is 0 Å². The summed E-state index contributed by atoms with van der Waals surface area (Å²) in [4.78, 5) is 17.9. The van der Waals surface area contributed by atoms with Gasteiger partial charge in [-0.05, 0) is 37.1 Å². The lowest BCUT2D eigenvalue weighted by Gasteiger charge is -2.07. The van der Waals surface area contributed by atoms with E-state index in [9.17, 15) is 4.79 Å². The second-order valence-corrected chi connectivity index (χ2v) is 7.93. The monoisotopic (exact) mass is 371 g/mol. The quantitative estimate of drug-likeness (QED) is 0.665. The summed E-state index contributed by atoms with van der Waals surface area (Å²) in [7, 11) is 1.70. The minimum absolute atomic E-state index is 0.0897. The minimum Gasteiger partial charge on any atom is -0.383 e.